The van der Waals surface area contributed by atoms with Crippen LogP contribution < -0.4 is 10.7 Å². The molecule has 28 heavy (non-hydrogen) atoms. The Morgan fingerprint density at radius 2 is 1.82 bits per heavy atom. The topological polar surface area (TPSA) is 71.8 Å². The number of rotatable bonds is 5. The number of benzene rings is 2. The summed E-state index contributed by atoms with van der Waals surface area (Å²) >= 11 is 1.45. The lowest BCUT2D eigenvalue weighted by Gasteiger charge is -2.33. The van der Waals surface area contributed by atoms with Gasteiger partial charge in [0.15, 0.2) is 5.82 Å². The minimum absolute atomic E-state index is 0.0550. The normalized spacial score (nSPS) is 18.2. The molecule has 2 N–H and O–H groups in total. The SMILES string of the molecule is CCc1ccc(C2Nn3c(CC)nnc3SC2C(=O)Nc2ccccc2)cc1. The summed E-state index contributed by atoms with van der Waals surface area (Å²) in [6, 6.07) is 17.8. The number of nitrogens with one attached hydrogen (secondary N) is 2. The fourth-order valence-electron chi connectivity index (χ4n) is 3.27. The summed E-state index contributed by atoms with van der Waals surface area (Å²) in [5.41, 5.74) is 6.61. The number of anilines is 1. The third-order valence-electron chi connectivity index (χ3n) is 4.87. The van der Waals surface area contributed by atoms with E-state index in [0.29, 0.717) is 5.16 Å². The van der Waals surface area contributed by atoms with Crippen molar-refractivity contribution in [1.82, 2.24) is 14.9 Å². The lowest BCUT2D eigenvalue weighted by molar-refractivity contribution is -0.116. The van der Waals surface area contributed by atoms with Gasteiger partial charge < -0.3 is 10.7 Å². The Balaban J connectivity index is 1.67. The maximum Gasteiger partial charge on any atom is 0.240 e. The second-order valence-electron chi connectivity index (χ2n) is 6.68. The number of carbonyl (C=O) groups is 1. The number of nitrogens with zero attached hydrogens (tertiary/aromatic N) is 3. The van der Waals surface area contributed by atoms with Gasteiger partial charge in [-0.2, -0.15) is 0 Å². The average molecular weight is 394 g/mol. The van der Waals surface area contributed by atoms with Crippen LogP contribution in [0.2, 0.25) is 0 Å². The van der Waals surface area contributed by atoms with Crippen molar-refractivity contribution < 1.29 is 4.79 Å². The molecular weight excluding hydrogens is 370 g/mol. The smallest absolute Gasteiger partial charge is 0.240 e. The van der Waals surface area contributed by atoms with Gasteiger partial charge in [0.25, 0.3) is 0 Å². The summed E-state index contributed by atoms with van der Waals surface area (Å²) in [6.45, 7) is 4.18. The van der Waals surface area contributed by atoms with Gasteiger partial charge in [-0.15, -0.1) is 10.2 Å². The first-order chi connectivity index (χ1) is 13.7. The molecule has 1 aliphatic heterocycles. The minimum Gasteiger partial charge on any atom is -0.325 e. The van der Waals surface area contributed by atoms with Crippen LogP contribution in [-0.2, 0) is 17.6 Å². The molecule has 1 aromatic heterocycles. The first-order valence-electron chi connectivity index (χ1n) is 9.51. The summed E-state index contributed by atoms with van der Waals surface area (Å²) in [6.07, 6.45) is 1.75. The van der Waals surface area contributed by atoms with Gasteiger partial charge >= 0.3 is 0 Å². The Hall–Kier alpha value is -2.80. The Morgan fingerprint density at radius 3 is 2.50 bits per heavy atom. The van der Waals surface area contributed by atoms with Crippen LogP contribution >= 0.6 is 11.8 Å². The summed E-state index contributed by atoms with van der Waals surface area (Å²) in [7, 11) is 0. The molecule has 0 saturated heterocycles. The molecular formula is C21H23N5OS. The standard InChI is InChI=1S/C21H23N5OS/c1-3-14-10-12-15(13-11-14)18-19(20(27)22-16-8-6-5-7-9-16)28-21-24-23-17(4-2)26(21)25-18/h5-13,18-19,25H,3-4H2,1-2H3,(H,22,27). The third-order valence-corrected chi connectivity index (χ3v) is 6.08. The molecule has 1 amide bonds. The van der Waals surface area contributed by atoms with E-state index in [1.807, 2.05) is 41.9 Å². The molecule has 144 valence electrons. The lowest BCUT2D eigenvalue weighted by Crippen LogP contribution is -2.41. The summed E-state index contributed by atoms with van der Waals surface area (Å²) < 4.78 is 1.91. The number of hydrogen-bond donors (Lipinski definition) is 2. The van der Waals surface area contributed by atoms with Crippen LogP contribution in [0.3, 0.4) is 0 Å². The molecule has 0 fully saturated rings. The van der Waals surface area contributed by atoms with Crippen molar-refractivity contribution in [2.75, 3.05) is 10.7 Å². The highest BCUT2D eigenvalue weighted by molar-refractivity contribution is 8.00. The molecule has 0 radical (unpaired) electrons. The van der Waals surface area contributed by atoms with Gasteiger partial charge in [-0.25, -0.2) is 4.68 Å². The van der Waals surface area contributed by atoms with Gasteiger partial charge in [-0.3, -0.25) is 4.79 Å². The van der Waals surface area contributed by atoms with Crippen LogP contribution in [-0.4, -0.2) is 26.0 Å². The Labute approximate surface area is 168 Å². The summed E-state index contributed by atoms with van der Waals surface area (Å²) in [5.74, 6) is 0.806. The van der Waals surface area contributed by atoms with E-state index in [0.717, 1.165) is 29.9 Å². The molecule has 2 atom stereocenters. The summed E-state index contributed by atoms with van der Waals surface area (Å²) in [4.78, 5) is 13.1. The Bertz CT molecular complexity index is 955. The number of thioether (sulfide) groups is 1. The van der Waals surface area contributed by atoms with Crippen LogP contribution in [0, 0.1) is 0 Å². The molecule has 1 aliphatic rings. The van der Waals surface area contributed by atoms with E-state index in [9.17, 15) is 4.79 Å². The van der Waals surface area contributed by atoms with Gasteiger partial charge in [0.1, 0.15) is 5.25 Å². The highest BCUT2D eigenvalue weighted by Gasteiger charge is 2.37. The number of fused-ring (bicyclic) bond motifs is 1. The number of hydrogen-bond acceptors (Lipinski definition) is 5. The van der Waals surface area contributed by atoms with E-state index in [2.05, 4.69) is 52.1 Å². The van der Waals surface area contributed by atoms with Crippen LogP contribution in [0.5, 0.6) is 0 Å². The van der Waals surface area contributed by atoms with Crippen LogP contribution in [0.4, 0.5) is 5.69 Å². The van der Waals surface area contributed by atoms with Crippen molar-refractivity contribution in [3.63, 3.8) is 0 Å². The highest BCUT2D eigenvalue weighted by Crippen LogP contribution is 2.37. The van der Waals surface area contributed by atoms with E-state index in [4.69, 9.17) is 0 Å². The van der Waals surface area contributed by atoms with Gasteiger partial charge in [0.2, 0.25) is 11.1 Å². The molecule has 7 heteroatoms. The second-order valence-corrected chi connectivity index (χ2v) is 7.79. The molecule has 2 heterocycles. The first-order valence-corrected chi connectivity index (χ1v) is 10.4. The van der Waals surface area contributed by atoms with Gasteiger partial charge in [0, 0.05) is 12.1 Å². The number of para-hydroxylation sites is 1. The second kappa shape index (κ2) is 8.06. The van der Waals surface area contributed by atoms with Gasteiger partial charge in [0.05, 0.1) is 6.04 Å². The lowest BCUT2D eigenvalue weighted by atomic mass is 10.0. The number of carbonyl (C=O) groups excluding carboxylic acids is 1. The van der Waals surface area contributed by atoms with E-state index >= 15 is 0 Å². The van der Waals surface area contributed by atoms with Crippen LogP contribution in [0.15, 0.2) is 59.8 Å². The van der Waals surface area contributed by atoms with Crippen molar-refractivity contribution in [1.29, 1.82) is 0 Å². The van der Waals surface area contributed by atoms with E-state index in [-0.39, 0.29) is 17.2 Å². The molecule has 4 rings (SSSR count). The highest BCUT2D eigenvalue weighted by atomic mass is 32.2. The van der Waals surface area contributed by atoms with Crippen molar-refractivity contribution in [3.8, 4) is 0 Å². The monoisotopic (exact) mass is 393 g/mol. The van der Waals surface area contributed by atoms with Gasteiger partial charge in [-0.1, -0.05) is 68.1 Å². The molecule has 0 saturated carbocycles. The number of aryl methyl sites for hydroxylation is 2. The fraction of sp³-hybridized carbons (Fsp3) is 0.286. The molecule has 0 spiro atoms. The van der Waals surface area contributed by atoms with E-state index in [1.54, 1.807) is 0 Å². The molecule has 6 nitrogen and oxygen atoms in total. The van der Waals surface area contributed by atoms with Crippen molar-refractivity contribution >= 4 is 23.4 Å². The fourth-order valence-corrected chi connectivity index (χ4v) is 4.37. The minimum atomic E-state index is -0.367. The number of aromatic nitrogens is 3. The van der Waals surface area contributed by atoms with Crippen molar-refractivity contribution in [2.45, 2.75) is 43.1 Å². The summed E-state index contributed by atoms with van der Waals surface area (Å²) in [5, 5.41) is 11.9. The molecule has 2 aromatic carbocycles. The Kier molecular flexibility index (Phi) is 5.34. The van der Waals surface area contributed by atoms with Crippen LogP contribution in [0.25, 0.3) is 0 Å². The Morgan fingerprint density at radius 1 is 1.07 bits per heavy atom. The zero-order chi connectivity index (χ0) is 19.5. The first kappa shape index (κ1) is 18.6. The maximum atomic E-state index is 13.1. The average Bonchev–Trinajstić information content (AvgIpc) is 3.15. The predicted molar refractivity (Wildman–Crippen MR) is 112 cm³/mol. The van der Waals surface area contributed by atoms with Crippen LogP contribution in [0.1, 0.15) is 36.8 Å². The molecule has 0 aliphatic carbocycles. The molecule has 2 unspecified atom stereocenters. The predicted octanol–water partition coefficient (Wildman–Crippen LogP) is 3.80. The largest absolute Gasteiger partial charge is 0.325 e. The molecule has 0 bridgehead atoms. The third kappa shape index (κ3) is 3.62. The van der Waals surface area contributed by atoms with Gasteiger partial charge in [-0.05, 0) is 29.7 Å². The maximum absolute atomic E-state index is 13.1. The molecule has 3 aromatic rings. The zero-order valence-electron chi connectivity index (χ0n) is 15.9. The zero-order valence-corrected chi connectivity index (χ0v) is 16.7. The van der Waals surface area contributed by atoms with Crippen molar-refractivity contribution in [2.24, 2.45) is 0 Å². The van der Waals surface area contributed by atoms with E-state index in [1.165, 1.54) is 17.3 Å². The quantitative estimate of drug-likeness (QED) is 0.690. The van der Waals surface area contributed by atoms with E-state index < -0.39 is 0 Å². The number of amides is 1. The van der Waals surface area contributed by atoms with Crippen molar-refractivity contribution in [3.05, 3.63) is 71.5 Å².